The van der Waals surface area contributed by atoms with Gasteiger partial charge in [-0.1, -0.05) is 12.2 Å². The monoisotopic (exact) mass is 259 g/mol. The molecule has 0 aliphatic carbocycles. The molecule has 0 bridgehead atoms. The topological polar surface area (TPSA) is 49.6 Å². The number of amides is 1. The molecule has 1 atom stereocenters. The molecular formula is C12H25N3OS. The SMILES string of the molecule is CCN(C(=O)C(C)(C)C(N)=S)C(C)CN(C)C. The number of hydrogen-bond donors (Lipinski definition) is 1. The third-order valence-electron chi connectivity index (χ3n) is 2.91. The van der Waals surface area contributed by atoms with Crippen LogP contribution in [0.4, 0.5) is 0 Å². The van der Waals surface area contributed by atoms with Crippen LogP contribution in [0.2, 0.25) is 0 Å². The smallest absolute Gasteiger partial charge is 0.235 e. The van der Waals surface area contributed by atoms with E-state index in [1.165, 1.54) is 0 Å². The number of nitrogens with zero attached hydrogens (tertiary/aromatic N) is 2. The molecule has 0 radical (unpaired) electrons. The van der Waals surface area contributed by atoms with E-state index >= 15 is 0 Å². The lowest BCUT2D eigenvalue weighted by molar-refractivity contribution is -0.139. The second kappa shape index (κ2) is 6.31. The highest BCUT2D eigenvalue weighted by atomic mass is 32.1. The molecule has 0 saturated heterocycles. The Bertz CT molecular complexity index is 289. The third kappa shape index (κ3) is 4.24. The fraction of sp³-hybridized carbons (Fsp3) is 0.833. The van der Waals surface area contributed by atoms with Crippen molar-refractivity contribution in [2.24, 2.45) is 11.1 Å². The van der Waals surface area contributed by atoms with Crippen LogP contribution in [-0.2, 0) is 4.79 Å². The summed E-state index contributed by atoms with van der Waals surface area (Å²) in [7, 11) is 3.99. The van der Waals surface area contributed by atoms with E-state index in [0.717, 1.165) is 6.54 Å². The number of carbonyl (C=O) groups excluding carboxylic acids is 1. The molecule has 0 aliphatic rings. The van der Waals surface area contributed by atoms with Crippen molar-refractivity contribution in [1.29, 1.82) is 0 Å². The summed E-state index contributed by atoms with van der Waals surface area (Å²) in [6, 6.07) is 0.149. The molecule has 1 amide bonds. The first-order valence-electron chi connectivity index (χ1n) is 5.90. The molecule has 0 aromatic heterocycles. The fourth-order valence-electron chi connectivity index (χ4n) is 1.75. The molecule has 5 heteroatoms. The Morgan fingerprint density at radius 2 is 1.88 bits per heavy atom. The number of rotatable bonds is 6. The molecule has 17 heavy (non-hydrogen) atoms. The van der Waals surface area contributed by atoms with Crippen LogP contribution >= 0.6 is 12.2 Å². The fourth-order valence-corrected chi connectivity index (χ4v) is 1.83. The van der Waals surface area contributed by atoms with Crippen LogP contribution in [0.15, 0.2) is 0 Å². The maximum Gasteiger partial charge on any atom is 0.235 e. The summed E-state index contributed by atoms with van der Waals surface area (Å²) in [6.07, 6.45) is 0. The zero-order valence-corrected chi connectivity index (χ0v) is 12.6. The van der Waals surface area contributed by atoms with E-state index in [2.05, 4.69) is 4.90 Å². The van der Waals surface area contributed by atoms with Crippen LogP contribution < -0.4 is 5.73 Å². The van der Waals surface area contributed by atoms with Gasteiger partial charge in [0.25, 0.3) is 0 Å². The van der Waals surface area contributed by atoms with Gasteiger partial charge in [0.15, 0.2) is 0 Å². The van der Waals surface area contributed by atoms with Crippen molar-refractivity contribution in [3.63, 3.8) is 0 Å². The van der Waals surface area contributed by atoms with E-state index in [1.54, 1.807) is 13.8 Å². The van der Waals surface area contributed by atoms with Gasteiger partial charge < -0.3 is 15.5 Å². The van der Waals surface area contributed by atoms with Gasteiger partial charge in [0.2, 0.25) is 5.91 Å². The van der Waals surface area contributed by atoms with Gasteiger partial charge in [0.1, 0.15) is 0 Å². The first-order valence-corrected chi connectivity index (χ1v) is 6.31. The van der Waals surface area contributed by atoms with Crippen LogP contribution in [0, 0.1) is 5.41 Å². The minimum Gasteiger partial charge on any atom is -0.392 e. The predicted molar refractivity (Wildman–Crippen MR) is 76.0 cm³/mol. The minimum absolute atomic E-state index is 0.00171. The second-order valence-corrected chi connectivity index (χ2v) is 5.63. The Hall–Kier alpha value is -0.680. The van der Waals surface area contributed by atoms with Gasteiger partial charge in [-0.2, -0.15) is 0 Å². The van der Waals surface area contributed by atoms with Crippen LogP contribution in [-0.4, -0.2) is 53.9 Å². The van der Waals surface area contributed by atoms with Crippen molar-refractivity contribution >= 4 is 23.1 Å². The first-order chi connectivity index (χ1) is 7.64. The van der Waals surface area contributed by atoms with Gasteiger partial charge in [0.05, 0.1) is 10.4 Å². The van der Waals surface area contributed by atoms with E-state index in [1.807, 2.05) is 32.8 Å². The molecule has 4 nitrogen and oxygen atoms in total. The lowest BCUT2D eigenvalue weighted by Crippen LogP contribution is -2.52. The van der Waals surface area contributed by atoms with E-state index in [0.29, 0.717) is 6.54 Å². The van der Waals surface area contributed by atoms with Crippen molar-refractivity contribution in [3.8, 4) is 0 Å². The highest BCUT2D eigenvalue weighted by Crippen LogP contribution is 2.21. The van der Waals surface area contributed by atoms with E-state index in [4.69, 9.17) is 18.0 Å². The summed E-state index contributed by atoms with van der Waals surface area (Å²) in [4.78, 5) is 16.5. The lowest BCUT2D eigenvalue weighted by Gasteiger charge is -2.35. The largest absolute Gasteiger partial charge is 0.392 e. The zero-order valence-electron chi connectivity index (χ0n) is 11.8. The number of hydrogen-bond acceptors (Lipinski definition) is 3. The normalized spacial score (nSPS) is 13.6. The Balaban J connectivity index is 4.89. The summed E-state index contributed by atoms with van der Waals surface area (Å²) in [5.74, 6) is 0.00171. The van der Waals surface area contributed by atoms with Gasteiger partial charge in [-0.25, -0.2) is 0 Å². The summed E-state index contributed by atoms with van der Waals surface area (Å²) in [5, 5.41) is 0. The zero-order chi connectivity index (χ0) is 13.8. The second-order valence-electron chi connectivity index (χ2n) is 5.19. The minimum atomic E-state index is -0.772. The van der Waals surface area contributed by atoms with E-state index in [9.17, 15) is 4.79 Å². The van der Waals surface area contributed by atoms with Crippen LogP contribution in [0.5, 0.6) is 0 Å². The molecule has 0 aromatic carbocycles. The van der Waals surface area contributed by atoms with Gasteiger partial charge in [-0.05, 0) is 41.8 Å². The van der Waals surface area contributed by atoms with Gasteiger partial charge in [0, 0.05) is 19.1 Å². The average Bonchev–Trinajstić information content (AvgIpc) is 2.16. The van der Waals surface area contributed by atoms with Crippen LogP contribution in [0.3, 0.4) is 0 Å². The van der Waals surface area contributed by atoms with Crippen molar-refractivity contribution in [1.82, 2.24) is 9.80 Å². The highest BCUT2D eigenvalue weighted by molar-refractivity contribution is 7.80. The third-order valence-corrected chi connectivity index (χ3v) is 3.42. The molecule has 0 aromatic rings. The molecule has 1 unspecified atom stereocenters. The summed E-state index contributed by atoms with van der Waals surface area (Å²) >= 11 is 4.97. The summed E-state index contributed by atoms with van der Waals surface area (Å²) in [5.41, 5.74) is 4.87. The van der Waals surface area contributed by atoms with Crippen molar-refractivity contribution < 1.29 is 4.79 Å². The van der Waals surface area contributed by atoms with Crippen molar-refractivity contribution in [3.05, 3.63) is 0 Å². The van der Waals surface area contributed by atoms with Gasteiger partial charge in [-0.15, -0.1) is 0 Å². The summed E-state index contributed by atoms with van der Waals surface area (Å²) in [6.45, 7) is 9.06. The lowest BCUT2D eigenvalue weighted by atomic mass is 9.91. The number of thiocarbonyl (C=S) groups is 1. The molecule has 0 spiro atoms. The van der Waals surface area contributed by atoms with E-state index in [-0.39, 0.29) is 16.9 Å². The molecule has 0 aliphatic heterocycles. The Kier molecular flexibility index (Phi) is 6.05. The predicted octanol–water partition coefficient (Wildman–Crippen LogP) is 1.10. The maximum absolute atomic E-state index is 12.4. The molecule has 100 valence electrons. The maximum atomic E-state index is 12.4. The van der Waals surface area contributed by atoms with Crippen molar-refractivity contribution in [2.45, 2.75) is 33.7 Å². The molecular weight excluding hydrogens is 234 g/mol. The Morgan fingerprint density at radius 3 is 2.18 bits per heavy atom. The van der Waals surface area contributed by atoms with Crippen LogP contribution in [0.1, 0.15) is 27.7 Å². The molecule has 0 saturated carbocycles. The number of carbonyl (C=O) groups is 1. The van der Waals surface area contributed by atoms with Gasteiger partial charge in [-0.3, -0.25) is 4.79 Å². The number of likely N-dealkylation sites (N-methyl/N-ethyl adjacent to an activating group) is 2. The summed E-state index contributed by atoms with van der Waals surface area (Å²) < 4.78 is 0. The molecule has 0 heterocycles. The van der Waals surface area contributed by atoms with E-state index < -0.39 is 5.41 Å². The van der Waals surface area contributed by atoms with Gasteiger partial charge >= 0.3 is 0 Å². The molecule has 0 rings (SSSR count). The average molecular weight is 259 g/mol. The first kappa shape index (κ1) is 16.3. The number of nitrogens with two attached hydrogens (primary N) is 1. The van der Waals surface area contributed by atoms with Crippen LogP contribution in [0.25, 0.3) is 0 Å². The highest BCUT2D eigenvalue weighted by Gasteiger charge is 2.36. The Morgan fingerprint density at radius 1 is 1.41 bits per heavy atom. The van der Waals surface area contributed by atoms with Crippen molar-refractivity contribution in [2.75, 3.05) is 27.2 Å². The molecule has 2 N–H and O–H groups in total. The molecule has 0 fully saturated rings. The Labute approximate surface area is 110 Å². The standard InChI is InChI=1S/C12H25N3OS/c1-7-15(9(2)8-14(5)6)11(16)12(3,4)10(13)17/h9H,7-8H2,1-6H3,(H2,13,17). The quantitative estimate of drug-likeness (QED) is 0.726.